The monoisotopic (exact) mass is 289 g/mol. The second-order valence-corrected chi connectivity index (χ2v) is 4.82. The van der Waals surface area contributed by atoms with Crippen molar-refractivity contribution in [2.24, 2.45) is 0 Å². The molecule has 1 N–H and O–H groups in total. The molecule has 1 aromatic rings. The summed E-state index contributed by atoms with van der Waals surface area (Å²) in [5.74, 6) is 0.856. The average molecular weight is 289 g/mol. The van der Waals surface area contributed by atoms with Gasteiger partial charge in [0.2, 0.25) is 0 Å². The second-order valence-electron chi connectivity index (χ2n) is 4.82. The molecule has 6 heteroatoms. The second kappa shape index (κ2) is 6.35. The molecule has 0 atom stereocenters. The highest BCUT2D eigenvalue weighted by Crippen LogP contribution is 2.32. The van der Waals surface area contributed by atoms with Crippen molar-refractivity contribution in [3.8, 4) is 11.5 Å². The molecule has 0 heterocycles. The molecule has 0 unspecified atom stereocenters. The maximum Gasteiger partial charge on any atom is 0.392 e. The van der Waals surface area contributed by atoms with Gasteiger partial charge in [-0.25, -0.2) is 0 Å². The third-order valence-electron chi connectivity index (χ3n) is 3.07. The number of hydrogen-bond acceptors (Lipinski definition) is 3. The van der Waals surface area contributed by atoms with E-state index in [0.717, 1.165) is 18.4 Å². The van der Waals surface area contributed by atoms with Crippen LogP contribution in [0.3, 0.4) is 0 Å². The summed E-state index contributed by atoms with van der Waals surface area (Å²) >= 11 is 0. The Morgan fingerprint density at radius 2 is 2.05 bits per heavy atom. The standard InChI is InChI=1S/C14H18F3NO2/c1-19-12-4-2-3-10(9-18-11-5-6-11)13(12)20-8-7-14(15,16)17/h2-4,11,18H,5-9H2,1H3. The first-order valence-electron chi connectivity index (χ1n) is 6.58. The molecule has 0 radical (unpaired) electrons. The summed E-state index contributed by atoms with van der Waals surface area (Å²) in [4.78, 5) is 0. The van der Waals surface area contributed by atoms with Crippen molar-refractivity contribution < 1.29 is 22.6 Å². The average Bonchev–Trinajstić information content (AvgIpc) is 3.19. The molecule has 0 aromatic heterocycles. The Bertz CT molecular complexity index is 445. The Hall–Kier alpha value is -1.43. The van der Waals surface area contributed by atoms with E-state index in [-0.39, 0.29) is 0 Å². The van der Waals surface area contributed by atoms with Crippen molar-refractivity contribution >= 4 is 0 Å². The summed E-state index contributed by atoms with van der Waals surface area (Å²) < 4.78 is 47.0. The minimum atomic E-state index is -4.21. The molecule has 1 aromatic carbocycles. The Balaban J connectivity index is 2.01. The first-order valence-corrected chi connectivity index (χ1v) is 6.58. The van der Waals surface area contributed by atoms with E-state index in [4.69, 9.17) is 9.47 Å². The highest BCUT2D eigenvalue weighted by Gasteiger charge is 2.27. The van der Waals surface area contributed by atoms with Gasteiger partial charge in [-0.1, -0.05) is 12.1 Å². The van der Waals surface area contributed by atoms with Gasteiger partial charge in [0.1, 0.15) is 0 Å². The van der Waals surface area contributed by atoms with Gasteiger partial charge in [-0.15, -0.1) is 0 Å². The maximum atomic E-state index is 12.2. The number of alkyl halides is 3. The van der Waals surface area contributed by atoms with Gasteiger partial charge in [0.15, 0.2) is 11.5 Å². The van der Waals surface area contributed by atoms with E-state index in [1.54, 1.807) is 12.1 Å². The molecule has 0 amide bonds. The van der Waals surface area contributed by atoms with Crippen LogP contribution in [0.25, 0.3) is 0 Å². The summed E-state index contributed by atoms with van der Waals surface area (Å²) in [6.45, 7) is 0.170. The van der Waals surface area contributed by atoms with Crippen molar-refractivity contribution in [2.45, 2.75) is 38.0 Å². The molecular weight excluding hydrogens is 271 g/mol. The quantitative estimate of drug-likeness (QED) is 0.835. The van der Waals surface area contributed by atoms with Gasteiger partial charge in [0.25, 0.3) is 0 Å². The van der Waals surface area contributed by atoms with Gasteiger partial charge < -0.3 is 14.8 Å². The number of methoxy groups -OCH3 is 1. The first kappa shape index (κ1) is 15.0. The fourth-order valence-corrected chi connectivity index (χ4v) is 1.84. The fourth-order valence-electron chi connectivity index (χ4n) is 1.84. The van der Waals surface area contributed by atoms with Gasteiger partial charge >= 0.3 is 6.18 Å². The Morgan fingerprint density at radius 3 is 2.65 bits per heavy atom. The molecule has 20 heavy (non-hydrogen) atoms. The predicted molar refractivity (Wildman–Crippen MR) is 69.0 cm³/mol. The third-order valence-corrected chi connectivity index (χ3v) is 3.07. The zero-order valence-corrected chi connectivity index (χ0v) is 11.3. The van der Waals surface area contributed by atoms with Crippen LogP contribution in [0.15, 0.2) is 18.2 Å². The SMILES string of the molecule is COc1cccc(CNC2CC2)c1OCCC(F)(F)F. The third kappa shape index (κ3) is 4.59. The van der Waals surface area contributed by atoms with E-state index in [0.29, 0.717) is 24.1 Å². The molecule has 1 aliphatic rings. The zero-order valence-electron chi connectivity index (χ0n) is 11.3. The van der Waals surface area contributed by atoms with E-state index in [1.165, 1.54) is 7.11 Å². The largest absolute Gasteiger partial charge is 0.493 e. The lowest BCUT2D eigenvalue weighted by atomic mass is 10.2. The van der Waals surface area contributed by atoms with Crippen LogP contribution in [0.2, 0.25) is 0 Å². The van der Waals surface area contributed by atoms with Gasteiger partial charge in [0, 0.05) is 18.2 Å². The number of halogens is 3. The molecule has 2 rings (SSSR count). The first-order chi connectivity index (χ1) is 9.49. The Kier molecular flexibility index (Phi) is 4.75. The van der Waals surface area contributed by atoms with Crippen LogP contribution in [0, 0.1) is 0 Å². The van der Waals surface area contributed by atoms with E-state index in [1.807, 2.05) is 6.07 Å². The van der Waals surface area contributed by atoms with Crippen LogP contribution in [0.5, 0.6) is 11.5 Å². The Labute approximate surface area is 116 Å². The zero-order chi connectivity index (χ0) is 14.6. The Morgan fingerprint density at radius 1 is 1.30 bits per heavy atom. The molecule has 0 saturated heterocycles. The van der Waals surface area contributed by atoms with Crippen LogP contribution < -0.4 is 14.8 Å². The highest BCUT2D eigenvalue weighted by molar-refractivity contribution is 5.46. The minimum Gasteiger partial charge on any atom is -0.493 e. The molecule has 1 aliphatic carbocycles. The molecule has 1 fully saturated rings. The van der Waals surface area contributed by atoms with Crippen molar-refractivity contribution in [3.05, 3.63) is 23.8 Å². The minimum absolute atomic E-state index is 0.396. The van der Waals surface area contributed by atoms with Gasteiger partial charge in [0.05, 0.1) is 20.1 Å². The van der Waals surface area contributed by atoms with Crippen molar-refractivity contribution in [1.29, 1.82) is 0 Å². The molecule has 1 saturated carbocycles. The van der Waals surface area contributed by atoms with Crippen LogP contribution in [0.1, 0.15) is 24.8 Å². The van der Waals surface area contributed by atoms with Crippen molar-refractivity contribution in [2.75, 3.05) is 13.7 Å². The van der Waals surface area contributed by atoms with Crippen LogP contribution in [0.4, 0.5) is 13.2 Å². The lowest BCUT2D eigenvalue weighted by Gasteiger charge is -2.16. The van der Waals surface area contributed by atoms with Crippen molar-refractivity contribution in [3.63, 3.8) is 0 Å². The maximum absolute atomic E-state index is 12.2. The molecule has 0 bridgehead atoms. The highest BCUT2D eigenvalue weighted by atomic mass is 19.4. The summed E-state index contributed by atoms with van der Waals surface area (Å²) in [6.07, 6.45) is -2.89. The summed E-state index contributed by atoms with van der Waals surface area (Å²) in [7, 11) is 1.48. The van der Waals surface area contributed by atoms with Gasteiger partial charge in [-0.3, -0.25) is 0 Å². The smallest absolute Gasteiger partial charge is 0.392 e. The van der Waals surface area contributed by atoms with Crippen molar-refractivity contribution in [1.82, 2.24) is 5.32 Å². The number of ether oxygens (including phenoxy) is 2. The summed E-state index contributed by atoms with van der Waals surface area (Å²) in [5, 5.41) is 3.31. The summed E-state index contributed by atoms with van der Waals surface area (Å²) in [5.41, 5.74) is 0.818. The number of nitrogens with one attached hydrogen (secondary N) is 1. The number of rotatable bonds is 7. The number of hydrogen-bond donors (Lipinski definition) is 1. The van der Waals surface area contributed by atoms with Gasteiger partial charge in [-0.05, 0) is 18.9 Å². The molecule has 0 aliphatic heterocycles. The van der Waals surface area contributed by atoms with Crippen LogP contribution in [-0.4, -0.2) is 25.9 Å². The molecule has 112 valence electrons. The molecular formula is C14H18F3NO2. The van der Waals surface area contributed by atoms with Crippen LogP contribution >= 0.6 is 0 Å². The van der Waals surface area contributed by atoms with E-state index in [9.17, 15) is 13.2 Å². The van der Waals surface area contributed by atoms with Gasteiger partial charge in [-0.2, -0.15) is 13.2 Å². The normalized spacial score (nSPS) is 15.2. The topological polar surface area (TPSA) is 30.5 Å². The summed E-state index contributed by atoms with van der Waals surface area (Å²) in [6, 6.07) is 5.84. The molecule has 3 nitrogen and oxygen atoms in total. The predicted octanol–water partition coefficient (Wildman–Crippen LogP) is 3.28. The van der Waals surface area contributed by atoms with E-state index < -0.39 is 19.2 Å². The number of benzene rings is 1. The number of para-hydroxylation sites is 1. The molecule has 0 spiro atoms. The lowest BCUT2D eigenvalue weighted by Crippen LogP contribution is -2.17. The van der Waals surface area contributed by atoms with E-state index >= 15 is 0 Å². The fraction of sp³-hybridized carbons (Fsp3) is 0.571. The van der Waals surface area contributed by atoms with E-state index in [2.05, 4.69) is 5.32 Å². The lowest BCUT2D eigenvalue weighted by molar-refractivity contribution is -0.139. The van der Waals surface area contributed by atoms with Crippen LogP contribution in [-0.2, 0) is 6.54 Å².